The molecule has 0 saturated carbocycles. The SMILES string of the molecule is COCCCn1cc(S(=O)(=O)Cl)c([N+](=O)[O-])n1. The van der Waals surface area contributed by atoms with Crippen LogP contribution in [0, 0.1) is 10.1 Å². The summed E-state index contributed by atoms with van der Waals surface area (Å²) < 4.78 is 28.1. The lowest BCUT2D eigenvalue weighted by Crippen LogP contribution is -2.02. The lowest BCUT2D eigenvalue weighted by molar-refractivity contribution is -0.392. The number of aryl methyl sites for hydroxylation is 1. The molecule has 0 aliphatic carbocycles. The van der Waals surface area contributed by atoms with Gasteiger partial charge in [-0.2, -0.15) is 4.68 Å². The van der Waals surface area contributed by atoms with Crippen LogP contribution >= 0.6 is 10.7 Å². The highest BCUT2D eigenvalue weighted by Crippen LogP contribution is 2.24. The van der Waals surface area contributed by atoms with Crippen LogP contribution in [0.25, 0.3) is 0 Å². The Balaban J connectivity index is 3.01. The summed E-state index contributed by atoms with van der Waals surface area (Å²) in [5.74, 6) is -0.766. The number of rotatable bonds is 6. The lowest BCUT2D eigenvalue weighted by atomic mass is 10.4. The molecule has 1 rings (SSSR count). The number of hydrogen-bond acceptors (Lipinski definition) is 6. The van der Waals surface area contributed by atoms with E-state index in [0.717, 1.165) is 10.9 Å². The first-order valence-electron chi connectivity index (χ1n) is 4.51. The van der Waals surface area contributed by atoms with E-state index in [-0.39, 0.29) is 0 Å². The fraction of sp³-hybridized carbons (Fsp3) is 0.571. The number of nitro groups is 1. The normalized spacial score (nSPS) is 11.6. The summed E-state index contributed by atoms with van der Waals surface area (Å²) in [6, 6.07) is 0. The van der Waals surface area contributed by atoms with Crippen molar-refractivity contribution < 1.29 is 18.1 Å². The molecule has 1 heterocycles. The van der Waals surface area contributed by atoms with Crippen LogP contribution in [0.15, 0.2) is 11.1 Å². The van der Waals surface area contributed by atoms with Gasteiger partial charge in [0, 0.05) is 24.4 Å². The van der Waals surface area contributed by atoms with Crippen molar-refractivity contribution in [3.63, 3.8) is 0 Å². The van der Waals surface area contributed by atoms with Crippen molar-refractivity contribution in [3.05, 3.63) is 16.3 Å². The average Bonchev–Trinajstić information content (AvgIpc) is 2.62. The predicted molar refractivity (Wildman–Crippen MR) is 58.4 cm³/mol. The topological polar surface area (TPSA) is 104 Å². The van der Waals surface area contributed by atoms with Gasteiger partial charge in [-0.1, -0.05) is 0 Å². The molecule has 0 spiro atoms. The minimum absolute atomic E-state index is 0.307. The third-order valence-corrected chi connectivity index (χ3v) is 3.19. The Labute approximate surface area is 102 Å². The zero-order valence-electron chi connectivity index (χ0n) is 8.87. The molecule has 0 aliphatic heterocycles. The summed E-state index contributed by atoms with van der Waals surface area (Å²) in [5.41, 5.74) is 0. The molecule has 1 aromatic rings. The van der Waals surface area contributed by atoms with E-state index in [9.17, 15) is 18.5 Å². The van der Waals surface area contributed by atoms with E-state index in [0.29, 0.717) is 19.6 Å². The van der Waals surface area contributed by atoms with Crippen molar-refractivity contribution in [3.8, 4) is 0 Å². The Kier molecular flexibility index (Phi) is 4.43. The van der Waals surface area contributed by atoms with E-state index in [1.54, 1.807) is 0 Å². The van der Waals surface area contributed by atoms with E-state index < -0.39 is 24.7 Å². The van der Waals surface area contributed by atoms with Gasteiger partial charge in [0.05, 0.1) is 17.8 Å². The zero-order chi connectivity index (χ0) is 13.1. The maximum atomic E-state index is 11.1. The standard InChI is InChI=1S/C7H10ClN3O5S/c1-16-4-2-3-10-5-6(17(8,14)15)7(9-10)11(12)13/h5H,2-4H2,1H3. The first-order valence-corrected chi connectivity index (χ1v) is 6.82. The van der Waals surface area contributed by atoms with Crippen molar-refractivity contribution in [1.29, 1.82) is 0 Å². The highest BCUT2D eigenvalue weighted by atomic mass is 35.7. The van der Waals surface area contributed by atoms with Gasteiger partial charge in [-0.15, -0.1) is 0 Å². The fourth-order valence-electron chi connectivity index (χ4n) is 1.18. The second kappa shape index (κ2) is 5.43. The minimum Gasteiger partial charge on any atom is -0.385 e. The van der Waals surface area contributed by atoms with Gasteiger partial charge in [0.25, 0.3) is 9.05 Å². The molecule has 0 radical (unpaired) electrons. The number of ether oxygens (including phenoxy) is 1. The van der Waals surface area contributed by atoms with Crippen LogP contribution in [0.4, 0.5) is 5.82 Å². The Bertz CT molecular complexity index is 512. The van der Waals surface area contributed by atoms with Crippen LogP contribution < -0.4 is 0 Å². The highest BCUT2D eigenvalue weighted by Gasteiger charge is 2.29. The molecule has 1 aromatic heterocycles. The van der Waals surface area contributed by atoms with Crippen LogP contribution in [0.5, 0.6) is 0 Å². The third-order valence-electron chi connectivity index (χ3n) is 1.88. The molecule has 0 aliphatic rings. The average molecular weight is 284 g/mol. The summed E-state index contributed by atoms with van der Waals surface area (Å²) in [4.78, 5) is 9.11. The quantitative estimate of drug-likeness (QED) is 0.330. The summed E-state index contributed by atoms with van der Waals surface area (Å²) in [7, 11) is 2.41. The maximum Gasteiger partial charge on any atom is 0.410 e. The summed E-state index contributed by atoms with van der Waals surface area (Å²) in [6.07, 6.45) is 1.59. The largest absolute Gasteiger partial charge is 0.410 e. The maximum absolute atomic E-state index is 11.1. The van der Waals surface area contributed by atoms with E-state index in [1.165, 1.54) is 7.11 Å². The van der Waals surface area contributed by atoms with Gasteiger partial charge in [0.2, 0.25) is 4.90 Å². The molecule has 0 saturated heterocycles. The molecule has 10 heteroatoms. The lowest BCUT2D eigenvalue weighted by Gasteiger charge is -1.95. The highest BCUT2D eigenvalue weighted by molar-refractivity contribution is 8.13. The molecular weight excluding hydrogens is 274 g/mol. The van der Waals surface area contributed by atoms with Crippen LogP contribution in [-0.4, -0.2) is 36.8 Å². The monoisotopic (exact) mass is 283 g/mol. The predicted octanol–water partition coefficient (Wildman–Crippen LogP) is 0.755. The molecule has 0 amide bonds. The number of halogens is 1. The molecule has 17 heavy (non-hydrogen) atoms. The molecular formula is C7H10ClN3O5S. The number of nitrogens with zero attached hydrogens (tertiary/aromatic N) is 3. The van der Waals surface area contributed by atoms with Gasteiger partial charge in [0.15, 0.2) is 0 Å². The summed E-state index contributed by atoms with van der Waals surface area (Å²) in [6.45, 7) is 0.748. The Morgan fingerprint density at radius 2 is 2.29 bits per heavy atom. The molecule has 0 bridgehead atoms. The summed E-state index contributed by atoms with van der Waals surface area (Å²) in [5, 5.41) is 14.1. The van der Waals surface area contributed by atoms with E-state index in [4.69, 9.17) is 15.4 Å². The fourth-order valence-corrected chi connectivity index (χ4v) is 2.08. The molecule has 0 aromatic carbocycles. The first kappa shape index (κ1) is 13.9. The second-order valence-corrected chi connectivity index (χ2v) is 5.66. The van der Waals surface area contributed by atoms with Crippen LogP contribution in [0.1, 0.15) is 6.42 Å². The van der Waals surface area contributed by atoms with Gasteiger partial charge < -0.3 is 14.9 Å². The van der Waals surface area contributed by atoms with Crippen LogP contribution in [-0.2, 0) is 20.3 Å². The molecule has 0 N–H and O–H groups in total. The molecule has 0 fully saturated rings. The van der Waals surface area contributed by atoms with Crippen molar-refractivity contribution in [2.24, 2.45) is 0 Å². The Morgan fingerprint density at radius 1 is 1.65 bits per heavy atom. The van der Waals surface area contributed by atoms with Crippen LogP contribution in [0.2, 0.25) is 0 Å². The van der Waals surface area contributed by atoms with Gasteiger partial charge in [0.1, 0.15) is 0 Å². The van der Waals surface area contributed by atoms with Gasteiger partial charge in [-0.05, 0) is 11.3 Å². The van der Waals surface area contributed by atoms with Gasteiger partial charge in [-0.25, -0.2) is 8.42 Å². The second-order valence-electron chi connectivity index (χ2n) is 3.12. The molecule has 0 atom stereocenters. The first-order chi connectivity index (χ1) is 7.86. The minimum atomic E-state index is -4.17. The number of hydrogen-bond donors (Lipinski definition) is 0. The molecule has 8 nitrogen and oxygen atoms in total. The van der Waals surface area contributed by atoms with E-state index >= 15 is 0 Å². The van der Waals surface area contributed by atoms with Gasteiger partial charge >= 0.3 is 5.82 Å². The Morgan fingerprint density at radius 3 is 2.71 bits per heavy atom. The number of aromatic nitrogens is 2. The molecule has 0 unspecified atom stereocenters. The van der Waals surface area contributed by atoms with E-state index in [1.807, 2.05) is 0 Å². The van der Waals surface area contributed by atoms with Crippen molar-refractivity contribution in [1.82, 2.24) is 9.78 Å². The zero-order valence-corrected chi connectivity index (χ0v) is 10.4. The summed E-state index contributed by atoms with van der Waals surface area (Å²) >= 11 is 0. The van der Waals surface area contributed by atoms with Crippen molar-refractivity contribution >= 4 is 25.6 Å². The Hall–Kier alpha value is -1.19. The smallest absolute Gasteiger partial charge is 0.385 e. The van der Waals surface area contributed by atoms with Crippen LogP contribution in [0.3, 0.4) is 0 Å². The van der Waals surface area contributed by atoms with E-state index in [2.05, 4.69) is 5.10 Å². The number of methoxy groups -OCH3 is 1. The molecule has 96 valence electrons. The van der Waals surface area contributed by atoms with Gasteiger partial charge in [-0.3, -0.25) is 0 Å². The van der Waals surface area contributed by atoms with Crippen molar-refractivity contribution in [2.75, 3.05) is 13.7 Å². The van der Waals surface area contributed by atoms with Crippen molar-refractivity contribution in [2.45, 2.75) is 17.9 Å². The third kappa shape index (κ3) is 3.65.